The highest BCUT2D eigenvalue weighted by Crippen LogP contribution is 1.92. The van der Waals surface area contributed by atoms with Crippen molar-refractivity contribution in [1.82, 2.24) is 0 Å². The van der Waals surface area contributed by atoms with Crippen LogP contribution in [0, 0.1) is 0 Å². The topological polar surface area (TPSA) is 75.7 Å². The van der Waals surface area contributed by atoms with Crippen molar-refractivity contribution in [3.63, 3.8) is 0 Å². The van der Waals surface area contributed by atoms with Crippen LogP contribution in [0.5, 0.6) is 0 Å². The third-order valence-electron chi connectivity index (χ3n) is 1.01. The van der Waals surface area contributed by atoms with Crippen LogP contribution in [0.25, 0.3) is 0 Å². The van der Waals surface area contributed by atoms with Crippen LogP contribution in [0.4, 0.5) is 0 Å². The SMILES string of the molecule is [B][C@@H](CO)O[C@@H](CN)CO. The minimum Gasteiger partial charge on any atom is -0.395 e. The van der Waals surface area contributed by atoms with E-state index >= 15 is 0 Å². The highest BCUT2D eigenvalue weighted by molar-refractivity contribution is 6.11. The molecule has 4 nitrogen and oxygen atoms in total. The van der Waals surface area contributed by atoms with Gasteiger partial charge in [-0.25, -0.2) is 0 Å². The van der Waals surface area contributed by atoms with Gasteiger partial charge >= 0.3 is 0 Å². The van der Waals surface area contributed by atoms with E-state index in [0.29, 0.717) is 0 Å². The van der Waals surface area contributed by atoms with E-state index in [9.17, 15) is 0 Å². The van der Waals surface area contributed by atoms with Crippen LogP contribution in [-0.2, 0) is 4.74 Å². The van der Waals surface area contributed by atoms with Gasteiger partial charge in [0.25, 0.3) is 0 Å². The first-order chi connectivity index (χ1) is 4.74. The van der Waals surface area contributed by atoms with Gasteiger partial charge in [-0.15, -0.1) is 0 Å². The van der Waals surface area contributed by atoms with E-state index in [1.54, 1.807) is 0 Å². The predicted octanol–water partition coefficient (Wildman–Crippen LogP) is -2.19. The Morgan fingerprint density at radius 1 is 1.40 bits per heavy atom. The summed E-state index contributed by atoms with van der Waals surface area (Å²) in [6.07, 6.45) is -0.470. The lowest BCUT2D eigenvalue weighted by Gasteiger charge is -2.17. The van der Waals surface area contributed by atoms with E-state index < -0.39 is 12.1 Å². The second-order valence-corrected chi connectivity index (χ2v) is 1.90. The molecular weight excluding hydrogens is 133 g/mol. The molecule has 0 rings (SSSR count). The molecule has 0 aliphatic rings. The van der Waals surface area contributed by atoms with Gasteiger partial charge in [-0.05, 0) is 0 Å². The van der Waals surface area contributed by atoms with Crippen molar-refractivity contribution >= 4 is 7.85 Å². The van der Waals surface area contributed by atoms with E-state index in [0.717, 1.165) is 0 Å². The van der Waals surface area contributed by atoms with Crippen molar-refractivity contribution in [2.45, 2.75) is 12.1 Å². The average Bonchev–Trinajstić information content (AvgIpc) is 1.99. The summed E-state index contributed by atoms with van der Waals surface area (Å²) in [6, 6.07) is -0.749. The third kappa shape index (κ3) is 3.84. The molecule has 5 heteroatoms. The Morgan fingerprint density at radius 2 is 2.00 bits per heavy atom. The summed E-state index contributed by atoms with van der Waals surface area (Å²) in [5.74, 6) is 0. The zero-order valence-electron chi connectivity index (χ0n) is 5.73. The fraction of sp³-hybridized carbons (Fsp3) is 1.00. The number of nitrogens with two attached hydrogens (primary N) is 1. The first-order valence-corrected chi connectivity index (χ1v) is 3.07. The molecule has 4 N–H and O–H groups in total. The van der Waals surface area contributed by atoms with Crippen molar-refractivity contribution in [3.05, 3.63) is 0 Å². The Hall–Kier alpha value is -0.0951. The quantitative estimate of drug-likeness (QED) is 0.384. The van der Waals surface area contributed by atoms with Crippen molar-refractivity contribution in [2.75, 3.05) is 19.8 Å². The van der Waals surface area contributed by atoms with Crippen LogP contribution < -0.4 is 5.73 Å². The Morgan fingerprint density at radius 3 is 2.30 bits per heavy atom. The summed E-state index contributed by atoms with van der Waals surface area (Å²) in [7, 11) is 5.19. The molecule has 0 saturated carbocycles. The smallest absolute Gasteiger partial charge is 0.112 e. The second-order valence-electron chi connectivity index (χ2n) is 1.90. The maximum atomic E-state index is 8.53. The molecule has 0 bridgehead atoms. The van der Waals surface area contributed by atoms with E-state index in [2.05, 4.69) is 0 Å². The summed E-state index contributed by atoms with van der Waals surface area (Å²) in [5, 5.41) is 16.9. The first-order valence-electron chi connectivity index (χ1n) is 3.07. The van der Waals surface area contributed by atoms with Crippen LogP contribution in [0.15, 0.2) is 0 Å². The van der Waals surface area contributed by atoms with Gasteiger partial charge < -0.3 is 20.7 Å². The van der Waals surface area contributed by atoms with Gasteiger partial charge in [-0.3, -0.25) is 0 Å². The third-order valence-corrected chi connectivity index (χ3v) is 1.01. The molecule has 10 heavy (non-hydrogen) atoms. The molecule has 58 valence electrons. The molecule has 0 spiro atoms. The van der Waals surface area contributed by atoms with Gasteiger partial charge in [0, 0.05) is 12.5 Å². The van der Waals surface area contributed by atoms with Gasteiger partial charge in [-0.2, -0.15) is 0 Å². The van der Waals surface area contributed by atoms with Gasteiger partial charge in [0.2, 0.25) is 0 Å². The van der Waals surface area contributed by atoms with Crippen LogP contribution in [0.1, 0.15) is 0 Å². The largest absolute Gasteiger partial charge is 0.395 e. The lowest BCUT2D eigenvalue weighted by Crippen LogP contribution is -2.33. The van der Waals surface area contributed by atoms with Gasteiger partial charge in [0.15, 0.2) is 0 Å². The molecule has 0 aromatic heterocycles. The fourth-order valence-electron chi connectivity index (χ4n) is 0.463. The first kappa shape index (κ1) is 9.90. The van der Waals surface area contributed by atoms with Crippen molar-refractivity contribution in [2.24, 2.45) is 5.73 Å². The zero-order chi connectivity index (χ0) is 7.98. The summed E-state index contributed by atoms with van der Waals surface area (Å²) in [4.78, 5) is 0. The van der Waals surface area contributed by atoms with Gasteiger partial charge in [-0.1, -0.05) is 0 Å². The van der Waals surface area contributed by atoms with Crippen LogP contribution in [0.3, 0.4) is 0 Å². The highest BCUT2D eigenvalue weighted by Gasteiger charge is 2.08. The Bertz CT molecular complexity index is 79.3. The molecule has 0 aromatic carbocycles. The number of hydrogen-bond acceptors (Lipinski definition) is 4. The summed E-state index contributed by atoms with van der Waals surface area (Å²) < 4.78 is 4.85. The summed E-state index contributed by atoms with van der Waals surface area (Å²) in [5.41, 5.74) is 5.16. The molecular formula is C5H12BNO3. The molecule has 0 amide bonds. The zero-order valence-corrected chi connectivity index (χ0v) is 5.73. The van der Waals surface area contributed by atoms with Crippen molar-refractivity contribution < 1.29 is 14.9 Å². The van der Waals surface area contributed by atoms with Crippen LogP contribution in [-0.4, -0.2) is 49.9 Å². The molecule has 0 aromatic rings. The predicted molar refractivity (Wildman–Crippen MR) is 37.6 cm³/mol. The monoisotopic (exact) mass is 145 g/mol. The van der Waals surface area contributed by atoms with Crippen molar-refractivity contribution in [1.29, 1.82) is 0 Å². The van der Waals surface area contributed by atoms with Gasteiger partial charge in [0.05, 0.1) is 19.3 Å². The Balaban J connectivity index is 3.41. The maximum Gasteiger partial charge on any atom is 0.112 e. The highest BCUT2D eigenvalue weighted by atomic mass is 16.5. The standard InChI is InChI=1S/C5H12BNO3/c6-5(3-9)10-4(1-7)2-8/h4-5,8-9H,1-3,7H2/t4-,5+/m0/s1. The van der Waals surface area contributed by atoms with Crippen LogP contribution >= 0.6 is 0 Å². The Kier molecular flexibility index (Phi) is 5.62. The Labute approximate surface area is 61.4 Å². The minimum absolute atomic E-state index is 0.176. The minimum atomic E-state index is -0.749. The molecule has 0 saturated heterocycles. The molecule has 0 unspecified atom stereocenters. The summed E-state index contributed by atoms with van der Waals surface area (Å²) >= 11 is 0. The number of ether oxygens (including phenoxy) is 1. The van der Waals surface area contributed by atoms with Crippen molar-refractivity contribution in [3.8, 4) is 0 Å². The number of aliphatic hydroxyl groups is 2. The van der Waals surface area contributed by atoms with E-state index in [-0.39, 0.29) is 19.8 Å². The second kappa shape index (κ2) is 5.67. The normalized spacial score (nSPS) is 16.7. The molecule has 2 radical (unpaired) electrons. The molecule has 0 aliphatic heterocycles. The lowest BCUT2D eigenvalue weighted by molar-refractivity contribution is -0.0188. The van der Waals surface area contributed by atoms with Crippen LogP contribution in [0.2, 0.25) is 0 Å². The maximum absolute atomic E-state index is 8.53. The van der Waals surface area contributed by atoms with Gasteiger partial charge in [0.1, 0.15) is 7.85 Å². The summed E-state index contributed by atoms with van der Waals surface area (Å²) in [6.45, 7) is -0.245. The molecule has 0 heterocycles. The molecule has 0 aliphatic carbocycles. The number of aliphatic hydroxyl groups excluding tert-OH is 2. The molecule has 2 atom stereocenters. The van der Waals surface area contributed by atoms with E-state index in [1.807, 2.05) is 0 Å². The van der Waals surface area contributed by atoms with E-state index in [4.69, 9.17) is 28.5 Å². The molecule has 0 fully saturated rings. The lowest BCUT2D eigenvalue weighted by atomic mass is 10.0. The average molecular weight is 145 g/mol. The van der Waals surface area contributed by atoms with E-state index in [1.165, 1.54) is 0 Å². The fourth-order valence-corrected chi connectivity index (χ4v) is 0.463. The number of rotatable bonds is 5. The number of hydrogen-bond donors (Lipinski definition) is 3.